The highest BCUT2D eigenvalue weighted by Gasteiger charge is 2.28. The molecule has 0 saturated carbocycles. The number of aliphatic imine (C=N–C) groups is 1. The van der Waals surface area contributed by atoms with Gasteiger partial charge in [-0.15, -0.1) is 0 Å². The van der Waals surface area contributed by atoms with Gasteiger partial charge in [0.1, 0.15) is 0 Å². The first-order valence-corrected chi connectivity index (χ1v) is 9.85. The molecule has 1 amide bonds. The Hall–Kier alpha value is -2.04. The lowest BCUT2D eigenvalue weighted by molar-refractivity contribution is -0.121. The number of likely N-dealkylation sites (tertiary alicyclic amines) is 1. The Balaban J connectivity index is 1.81. The molecule has 2 rings (SSSR count). The van der Waals surface area contributed by atoms with E-state index in [1.165, 1.54) is 5.56 Å². The van der Waals surface area contributed by atoms with Gasteiger partial charge in [0.15, 0.2) is 5.96 Å². The van der Waals surface area contributed by atoms with E-state index in [4.69, 9.17) is 0 Å². The molecule has 1 aliphatic rings. The highest BCUT2D eigenvalue weighted by Crippen LogP contribution is 2.32. The number of amides is 1. The van der Waals surface area contributed by atoms with Crippen molar-refractivity contribution in [3.63, 3.8) is 0 Å². The number of hydrogen-bond acceptors (Lipinski definition) is 2. The Kier molecular flexibility index (Phi) is 7.95. The number of nitrogens with zero attached hydrogens (tertiary/aromatic N) is 2. The molecule has 1 heterocycles. The van der Waals surface area contributed by atoms with Crippen molar-refractivity contribution in [2.24, 2.45) is 10.9 Å². The fraction of sp³-hybridized carbons (Fsp3) is 0.619. The van der Waals surface area contributed by atoms with Crippen molar-refractivity contribution in [2.75, 3.05) is 26.7 Å². The normalized spacial score (nSPS) is 22.0. The van der Waals surface area contributed by atoms with Crippen molar-refractivity contribution in [3.05, 3.63) is 35.9 Å². The van der Waals surface area contributed by atoms with Crippen LogP contribution in [0.2, 0.25) is 0 Å². The molecule has 1 aromatic rings. The number of rotatable bonds is 6. The first kappa shape index (κ1) is 20.3. The van der Waals surface area contributed by atoms with E-state index in [0.717, 1.165) is 31.9 Å². The van der Waals surface area contributed by atoms with E-state index in [1.807, 2.05) is 14.0 Å². The average Bonchev–Trinajstić information content (AvgIpc) is 2.65. The minimum atomic E-state index is 0.0958. The molecule has 0 bridgehead atoms. The summed E-state index contributed by atoms with van der Waals surface area (Å²) in [4.78, 5) is 18.6. The van der Waals surface area contributed by atoms with Gasteiger partial charge in [-0.05, 0) is 37.2 Å². The lowest BCUT2D eigenvalue weighted by Gasteiger charge is -2.39. The van der Waals surface area contributed by atoms with Crippen molar-refractivity contribution in [2.45, 2.75) is 52.0 Å². The first-order chi connectivity index (χ1) is 12.5. The van der Waals surface area contributed by atoms with Crippen LogP contribution in [-0.4, -0.2) is 49.5 Å². The molecule has 2 N–H and O–H groups in total. The Morgan fingerprint density at radius 3 is 2.69 bits per heavy atom. The SMILES string of the molecule is CCC(C)NC(=O)CCNC(=NC)N1CCC(c2ccccc2)C(C)C1. The Morgan fingerprint density at radius 2 is 2.08 bits per heavy atom. The van der Waals surface area contributed by atoms with Crippen LogP contribution in [0.25, 0.3) is 0 Å². The summed E-state index contributed by atoms with van der Waals surface area (Å²) >= 11 is 0. The van der Waals surface area contributed by atoms with Crippen LogP contribution in [0, 0.1) is 5.92 Å². The fourth-order valence-corrected chi connectivity index (χ4v) is 3.60. The van der Waals surface area contributed by atoms with Gasteiger partial charge in [0.05, 0.1) is 0 Å². The summed E-state index contributed by atoms with van der Waals surface area (Å²) in [6.45, 7) is 9.01. The third kappa shape index (κ3) is 5.75. The molecule has 3 unspecified atom stereocenters. The van der Waals surface area contributed by atoms with E-state index < -0.39 is 0 Å². The summed E-state index contributed by atoms with van der Waals surface area (Å²) in [6, 6.07) is 11.0. The molecular formula is C21H34N4O. The van der Waals surface area contributed by atoms with Crippen molar-refractivity contribution < 1.29 is 4.79 Å². The smallest absolute Gasteiger partial charge is 0.221 e. The number of carbonyl (C=O) groups is 1. The minimum Gasteiger partial charge on any atom is -0.356 e. The maximum atomic E-state index is 11.9. The van der Waals surface area contributed by atoms with Gasteiger partial charge in [0.25, 0.3) is 0 Å². The van der Waals surface area contributed by atoms with Gasteiger partial charge in [-0.3, -0.25) is 9.79 Å². The van der Waals surface area contributed by atoms with E-state index in [2.05, 4.69) is 64.7 Å². The molecular weight excluding hydrogens is 324 g/mol. The van der Waals surface area contributed by atoms with E-state index in [-0.39, 0.29) is 11.9 Å². The van der Waals surface area contributed by atoms with Gasteiger partial charge in [-0.25, -0.2) is 0 Å². The second-order valence-electron chi connectivity index (χ2n) is 7.33. The number of hydrogen-bond donors (Lipinski definition) is 2. The van der Waals surface area contributed by atoms with Crippen LogP contribution in [0.5, 0.6) is 0 Å². The number of nitrogens with one attached hydrogen (secondary N) is 2. The minimum absolute atomic E-state index is 0.0958. The predicted molar refractivity (Wildman–Crippen MR) is 108 cm³/mol. The Labute approximate surface area is 158 Å². The topological polar surface area (TPSA) is 56.7 Å². The Morgan fingerprint density at radius 1 is 1.35 bits per heavy atom. The Bertz CT molecular complexity index is 587. The van der Waals surface area contributed by atoms with E-state index >= 15 is 0 Å². The monoisotopic (exact) mass is 358 g/mol. The fourth-order valence-electron chi connectivity index (χ4n) is 3.60. The van der Waals surface area contributed by atoms with Crippen molar-refractivity contribution >= 4 is 11.9 Å². The van der Waals surface area contributed by atoms with E-state index in [9.17, 15) is 4.79 Å². The van der Waals surface area contributed by atoms with Crippen molar-refractivity contribution in [1.29, 1.82) is 0 Å². The molecule has 1 aliphatic heterocycles. The maximum absolute atomic E-state index is 11.9. The maximum Gasteiger partial charge on any atom is 0.221 e. The molecule has 0 aromatic heterocycles. The van der Waals surface area contributed by atoms with Crippen LogP contribution in [-0.2, 0) is 4.79 Å². The van der Waals surface area contributed by atoms with Gasteiger partial charge >= 0.3 is 0 Å². The lowest BCUT2D eigenvalue weighted by atomic mass is 9.82. The second-order valence-corrected chi connectivity index (χ2v) is 7.33. The average molecular weight is 359 g/mol. The quantitative estimate of drug-likeness (QED) is 0.607. The molecule has 144 valence electrons. The molecule has 3 atom stereocenters. The van der Waals surface area contributed by atoms with Crippen LogP contribution >= 0.6 is 0 Å². The molecule has 5 heteroatoms. The molecule has 0 spiro atoms. The van der Waals surface area contributed by atoms with Crippen LogP contribution in [0.3, 0.4) is 0 Å². The third-order valence-electron chi connectivity index (χ3n) is 5.30. The highest BCUT2D eigenvalue weighted by molar-refractivity contribution is 5.81. The molecule has 5 nitrogen and oxygen atoms in total. The van der Waals surface area contributed by atoms with Gasteiger partial charge in [0.2, 0.25) is 5.91 Å². The molecule has 1 fully saturated rings. The lowest BCUT2D eigenvalue weighted by Crippen LogP contribution is -2.48. The summed E-state index contributed by atoms with van der Waals surface area (Å²) in [5.74, 6) is 2.17. The first-order valence-electron chi connectivity index (χ1n) is 9.85. The molecule has 1 saturated heterocycles. The molecule has 0 aliphatic carbocycles. The van der Waals surface area contributed by atoms with E-state index in [1.54, 1.807) is 0 Å². The van der Waals surface area contributed by atoms with Crippen molar-refractivity contribution in [3.8, 4) is 0 Å². The zero-order valence-corrected chi connectivity index (χ0v) is 16.7. The summed E-state index contributed by atoms with van der Waals surface area (Å²) in [6.07, 6.45) is 2.55. The summed E-state index contributed by atoms with van der Waals surface area (Å²) < 4.78 is 0. The van der Waals surface area contributed by atoms with Gasteiger partial charge in [0, 0.05) is 39.1 Å². The largest absolute Gasteiger partial charge is 0.356 e. The van der Waals surface area contributed by atoms with Crippen LogP contribution in [0.15, 0.2) is 35.3 Å². The zero-order chi connectivity index (χ0) is 18.9. The highest BCUT2D eigenvalue weighted by atomic mass is 16.1. The number of benzene rings is 1. The van der Waals surface area contributed by atoms with Gasteiger partial charge in [-0.2, -0.15) is 0 Å². The van der Waals surface area contributed by atoms with Crippen LogP contribution in [0.1, 0.15) is 51.5 Å². The standard InChI is InChI=1S/C21H34N4O/c1-5-17(3)24-20(26)11-13-23-21(22-4)25-14-12-19(16(2)15-25)18-9-7-6-8-10-18/h6-10,16-17,19H,5,11-15H2,1-4H3,(H,22,23)(H,24,26). The second kappa shape index (κ2) is 10.2. The third-order valence-corrected chi connectivity index (χ3v) is 5.30. The number of carbonyl (C=O) groups excluding carboxylic acids is 1. The van der Waals surface area contributed by atoms with Crippen molar-refractivity contribution in [1.82, 2.24) is 15.5 Å². The van der Waals surface area contributed by atoms with Gasteiger partial charge in [-0.1, -0.05) is 44.2 Å². The molecule has 26 heavy (non-hydrogen) atoms. The number of piperidine rings is 1. The van der Waals surface area contributed by atoms with E-state index in [0.29, 0.717) is 24.8 Å². The van der Waals surface area contributed by atoms with Gasteiger partial charge < -0.3 is 15.5 Å². The molecule has 0 radical (unpaired) electrons. The molecule has 1 aromatic carbocycles. The summed E-state index contributed by atoms with van der Waals surface area (Å²) in [7, 11) is 1.81. The van der Waals surface area contributed by atoms with Crippen LogP contribution < -0.4 is 10.6 Å². The van der Waals surface area contributed by atoms with Crippen LogP contribution in [0.4, 0.5) is 0 Å². The zero-order valence-electron chi connectivity index (χ0n) is 16.7. The summed E-state index contributed by atoms with van der Waals surface area (Å²) in [5, 5.41) is 6.35. The summed E-state index contributed by atoms with van der Waals surface area (Å²) in [5.41, 5.74) is 1.43. The number of guanidine groups is 1. The predicted octanol–water partition coefficient (Wildman–Crippen LogP) is 2.99.